The number of carbonyl (C=O) groups is 1. The van der Waals surface area contributed by atoms with Crippen LogP contribution < -0.4 is 15.8 Å². The van der Waals surface area contributed by atoms with Crippen molar-refractivity contribution in [3.05, 3.63) is 53.3 Å². The number of amides is 1. The zero-order chi connectivity index (χ0) is 14.5. The van der Waals surface area contributed by atoms with E-state index in [1.807, 2.05) is 31.2 Å². The number of nitrogens with two attached hydrogens (primary N) is 1. The van der Waals surface area contributed by atoms with Gasteiger partial charge in [0.1, 0.15) is 5.75 Å². The minimum atomic E-state index is -0.429. The maximum atomic E-state index is 11.0. The van der Waals surface area contributed by atoms with Crippen LogP contribution in [0.1, 0.15) is 21.7 Å². The molecule has 0 bridgehead atoms. The third kappa shape index (κ3) is 3.47. The molecule has 1 aromatic carbocycles. The van der Waals surface area contributed by atoms with Crippen molar-refractivity contribution in [1.82, 2.24) is 4.98 Å². The predicted molar refractivity (Wildman–Crippen MR) is 77.8 cm³/mol. The van der Waals surface area contributed by atoms with Gasteiger partial charge in [-0.05, 0) is 31.2 Å². The normalized spacial score (nSPS) is 10.1. The first-order valence-corrected chi connectivity index (χ1v) is 6.24. The summed E-state index contributed by atoms with van der Waals surface area (Å²) in [4.78, 5) is 15.4. The van der Waals surface area contributed by atoms with E-state index in [0.717, 1.165) is 22.8 Å². The number of nitrogens with zero attached hydrogens (tertiary/aromatic N) is 1. The monoisotopic (exact) mass is 271 g/mol. The molecule has 0 aliphatic carbocycles. The minimum Gasteiger partial charge on any atom is -0.497 e. The largest absolute Gasteiger partial charge is 0.497 e. The fraction of sp³-hybridized carbons (Fsp3) is 0.200. The second-order valence-corrected chi connectivity index (χ2v) is 4.43. The smallest absolute Gasteiger partial charge is 0.248 e. The van der Waals surface area contributed by atoms with Crippen LogP contribution in [0.3, 0.4) is 0 Å². The zero-order valence-corrected chi connectivity index (χ0v) is 11.5. The molecule has 20 heavy (non-hydrogen) atoms. The third-order valence-electron chi connectivity index (χ3n) is 2.86. The summed E-state index contributed by atoms with van der Waals surface area (Å²) in [6.07, 6.45) is 0. The Morgan fingerprint density at radius 1 is 1.30 bits per heavy atom. The van der Waals surface area contributed by atoms with Crippen LogP contribution in [0.15, 0.2) is 36.4 Å². The van der Waals surface area contributed by atoms with Crippen LogP contribution in [0.25, 0.3) is 0 Å². The molecule has 0 atom stereocenters. The number of primary amides is 1. The van der Waals surface area contributed by atoms with Crippen molar-refractivity contribution in [1.29, 1.82) is 0 Å². The number of hydrogen-bond donors (Lipinski definition) is 2. The standard InChI is InChI=1S/C15H17N3O2/c1-10-7-14(20-2)8-13(18-10)9-17-12-5-3-11(4-6-12)15(16)19/h3-8,17H,9H2,1-2H3,(H2,16,19). The Hall–Kier alpha value is -2.56. The van der Waals surface area contributed by atoms with Gasteiger partial charge in [-0.25, -0.2) is 0 Å². The number of anilines is 1. The van der Waals surface area contributed by atoms with Gasteiger partial charge in [0.2, 0.25) is 5.91 Å². The number of carbonyl (C=O) groups excluding carboxylic acids is 1. The van der Waals surface area contributed by atoms with Gasteiger partial charge in [-0.2, -0.15) is 0 Å². The Morgan fingerprint density at radius 3 is 2.60 bits per heavy atom. The number of nitrogens with one attached hydrogen (secondary N) is 1. The van der Waals surface area contributed by atoms with Crippen LogP contribution in [-0.4, -0.2) is 18.0 Å². The lowest BCUT2D eigenvalue weighted by Gasteiger charge is -2.09. The number of pyridine rings is 1. The van der Waals surface area contributed by atoms with Gasteiger partial charge in [0, 0.05) is 29.1 Å². The second kappa shape index (κ2) is 6.06. The topological polar surface area (TPSA) is 77.2 Å². The molecule has 0 saturated carbocycles. The summed E-state index contributed by atoms with van der Waals surface area (Å²) in [6, 6.07) is 10.8. The highest BCUT2D eigenvalue weighted by atomic mass is 16.5. The van der Waals surface area contributed by atoms with E-state index in [4.69, 9.17) is 10.5 Å². The van der Waals surface area contributed by atoms with Crippen molar-refractivity contribution in [3.8, 4) is 5.75 Å². The molecular weight excluding hydrogens is 254 g/mol. The van der Waals surface area contributed by atoms with Gasteiger partial charge in [0.15, 0.2) is 0 Å². The molecule has 0 radical (unpaired) electrons. The minimum absolute atomic E-state index is 0.429. The van der Waals surface area contributed by atoms with Crippen LogP contribution in [0, 0.1) is 6.92 Å². The molecule has 2 rings (SSSR count). The third-order valence-corrected chi connectivity index (χ3v) is 2.86. The van der Waals surface area contributed by atoms with Crippen LogP contribution in [0.4, 0.5) is 5.69 Å². The van der Waals surface area contributed by atoms with E-state index in [0.29, 0.717) is 12.1 Å². The van der Waals surface area contributed by atoms with E-state index >= 15 is 0 Å². The molecule has 0 fully saturated rings. The number of rotatable bonds is 5. The lowest BCUT2D eigenvalue weighted by Crippen LogP contribution is -2.10. The van der Waals surface area contributed by atoms with Gasteiger partial charge in [-0.15, -0.1) is 0 Å². The van der Waals surface area contributed by atoms with Crippen LogP contribution in [0.5, 0.6) is 5.75 Å². The molecule has 0 spiro atoms. The molecule has 1 heterocycles. The maximum Gasteiger partial charge on any atom is 0.248 e. The molecule has 0 aliphatic rings. The van der Waals surface area contributed by atoms with Crippen molar-refractivity contribution < 1.29 is 9.53 Å². The van der Waals surface area contributed by atoms with Crippen LogP contribution >= 0.6 is 0 Å². The summed E-state index contributed by atoms with van der Waals surface area (Å²) < 4.78 is 5.21. The van der Waals surface area contributed by atoms with Gasteiger partial charge in [0.25, 0.3) is 0 Å². The van der Waals surface area contributed by atoms with Crippen LogP contribution in [-0.2, 0) is 6.54 Å². The first-order valence-electron chi connectivity index (χ1n) is 6.24. The van der Waals surface area contributed by atoms with Gasteiger partial charge < -0.3 is 15.8 Å². The van der Waals surface area contributed by atoms with Crippen molar-refractivity contribution >= 4 is 11.6 Å². The molecule has 5 nitrogen and oxygen atoms in total. The van der Waals surface area contributed by atoms with E-state index < -0.39 is 5.91 Å². The average Bonchev–Trinajstić information content (AvgIpc) is 2.45. The fourth-order valence-corrected chi connectivity index (χ4v) is 1.86. The molecule has 0 aliphatic heterocycles. The van der Waals surface area contributed by atoms with Crippen molar-refractivity contribution in [2.24, 2.45) is 5.73 Å². The van der Waals surface area contributed by atoms with Crippen molar-refractivity contribution in [2.45, 2.75) is 13.5 Å². The number of methoxy groups -OCH3 is 1. The molecule has 0 unspecified atom stereocenters. The van der Waals surface area contributed by atoms with Gasteiger partial charge in [-0.3, -0.25) is 9.78 Å². The first-order chi connectivity index (χ1) is 9.58. The highest BCUT2D eigenvalue weighted by molar-refractivity contribution is 5.93. The Labute approximate surface area is 117 Å². The molecule has 3 N–H and O–H groups in total. The number of aromatic nitrogens is 1. The quantitative estimate of drug-likeness (QED) is 0.873. The summed E-state index contributed by atoms with van der Waals surface area (Å²) in [6.45, 7) is 2.50. The molecule has 2 aromatic rings. The predicted octanol–water partition coefficient (Wildman–Crippen LogP) is 2.11. The number of aryl methyl sites for hydroxylation is 1. The zero-order valence-electron chi connectivity index (χ0n) is 11.5. The van der Waals surface area contributed by atoms with Crippen molar-refractivity contribution in [3.63, 3.8) is 0 Å². The summed E-state index contributed by atoms with van der Waals surface area (Å²) in [5.74, 6) is 0.361. The fourth-order valence-electron chi connectivity index (χ4n) is 1.86. The maximum absolute atomic E-state index is 11.0. The summed E-state index contributed by atoms with van der Waals surface area (Å²) >= 11 is 0. The highest BCUT2D eigenvalue weighted by Gasteiger charge is 2.02. The van der Waals surface area contributed by atoms with Gasteiger partial charge in [-0.1, -0.05) is 0 Å². The van der Waals surface area contributed by atoms with Gasteiger partial charge >= 0.3 is 0 Å². The number of benzene rings is 1. The molecule has 1 aromatic heterocycles. The van der Waals surface area contributed by atoms with Crippen molar-refractivity contribution in [2.75, 3.05) is 12.4 Å². The van der Waals surface area contributed by atoms with E-state index in [1.54, 1.807) is 19.2 Å². The summed E-state index contributed by atoms with van der Waals surface area (Å²) in [5.41, 5.74) is 8.38. The number of ether oxygens (including phenoxy) is 1. The number of hydrogen-bond acceptors (Lipinski definition) is 4. The highest BCUT2D eigenvalue weighted by Crippen LogP contribution is 2.15. The first kappa shape index (κ1) is 13.9. The van der Waals surface area contributed by atoms with E-state index in [-0.39, 0.29) is 0 Å². The SMILES string of the molecule is COc1cc(C)nc(CNc2ccc(C(N)=O)cc2)c1. The Balaban J connectivity index is 2.04. The molecule has 5 heteroatoms. The lowest BCUT2D eigenvalue weighted by molar-refractivity contribution is 0.100. The molecule has 0 saturated heterocycles. The van der Waals surface area contributed by atoms with E-state index in [1.165, 1.54) is 0 Å². The molecular formula is C15H17N3O2. The molecule has 104 valence electrons. The second-order valence-electron chi connectivity index (χ2n) is 4.43. The Morgan fingerprint density at radius 2 is 2.00 bits per heavy atom. The van der Waals surface area contributed by atoms with E-state index in [2.05, 4.69) is 10.3 Å². The lowest BCUT2D eigenvalue weighted by atomic mass is 10.2. The average molecular weight is 271 g/mol. The van der Waals surface area contributed by atoms with Crippen LogP contribution in [0.2, 0.25) is 0 Å². The van der Waals surface area contributed by atoms with E-state index in [9.17, 15) is 4.79 Å². The summed E-state index contributed by atoms with van der Waals surface area (Å²) in [5, 5.41) is 3.24. The summed E-state index contributed by atoms with van der Waals surface area (Å²) in [7, 11) is 1.63. The van der Waals surface area contributed by atoms with Gasteiger partial charge in [0.05, 0.1) is 19.3 Å². The Kier molecular flexibility index (Phi) is 4.20. The molecule has 1 amide bonds. The Bertz CT molecular complexity index is 609.